The summed E-state index contributed by atoms with van der Waals surface area (Å²) in [6.45, 7) is 5.78. The molecular formula is C19H26N4O2. The Morgan fingerprint density at radius 3 is 2.60 bits per heavy atom. The summed E-state index contributed by atoms with van der Waals surface area (Å²) in [5.74, 6) is -0.740. The van der Waals surface area contributed by atoms with Gasteiger partial charge in [0.1, 0.15) is 0 Å². The number of likely N-dealkylation sites (tertiary alicyclic amines) is 1. The number of likely N-dealkylation sites (N-methyl/N-ethyl adjacent to an activating group) is 1. The molecule has 6 nitrogen and oxygen atoms in total. The number of hydrogen-bond donors (Lipinski definition) is 1. The van der Waals surface area contributed by atoms with Gasteiger partial charge in [-0.15, -0.1) is 0 Å². The van der Waals surface area contributed by atoms with Gasteiger partial charge in [-0.25, -0.2) is 4.68 Å². The lowest BCUT2D eigenvalue weighted by atomic mass is 10.0. The van der Waals surface area contributed by atoms with Gasteiger partial charge < -0.3 is 5.11 Å². The largest absolute Gasteiger partial charge is 0.480 e. The molecule has 2 heterocycles. The average molecular weight is 342 g/mol. The quantitative estimate of drug-likeness (QED) is 0.836. The standard InChI is InChI=1S/C19H26N4O2/c1-2-22(15-19(24)25)17-9-11-21(12-10-17)14-16-8-13-23(20-16)18-6-4-3-5-7-18/h3-8,13,17H,2,9-12,14-15H2,1H3,(H,24,25). The van der Waals surface area contributed by atoms with Crippen molar-refractivity contribution in [3.8, 4) is 5.69 Å². The average Bonchev–Trinajstić information content (AvgIpc) is 3.09. The SMILES string of the molecule is CCN(CC(=O)O)C1CCN(Cc2ccn(-c3ccccc3)n2)CC1. The van der Waals surface area contributed by atoms with Gasteiger partial charge in [0.05, 0.1) is 17.9 Å². The Labute approximate surface area is 148 Å². The van der Waals surface area contributed by atoms with E-state index < -0.39 is 5.97 Å². The number of aliphatic carboxylic acids is 1. The number of nitrogens with zero attached hydrogens (tertiary/aromatic N) is 4. The fourth-order valence-corrected chi connectivity index (χ4v) is 3.52. The van der Waals surface area contributed by atoms with Crippen molar-refractivity contribution in [2.24, 2.45) is 0 Å². The van der Waals surface area contributed by atoms with Crippen molar-refractivity contribution in [2.75, 3.05) is 26.2 Å². The Morgan fingerprint density at radius 1 is 1.24 bits per heavy atom. The van der Waals surface area contributed by atoms with Crippen LogP contribution in [0, 0.1) is 0 Å². The lowest BCUT2D eigenvalue weighted by molar-refractivity contribution is -0.139. The Bertz CT molecular complexity index is 678. The number of carboxylic acid groups (broad SMARTS) is 1. The van der Waals surface area contributed by atoms with Gasteiger partial charge in [0, 0.05) is 31.9 Å². The van der Waals surface area contributed by atoms with Crippen LogP contribution < -0.4 is 0 Å². The van der Waals surface area contributed by atoms with Gasteiger partial charge in [-0.3, -0.25) is 14.6 Å². The summed E-state index contributed by atoms with van der Waals surface area (Å²) in [5, 5.41) is 13.7. The van der Waals surface area contributed by atoms with Crippen LogP contribution in [0.5, 0.6) is 0 Å². The summed E-state index contributed by atoms with van der Waals surface area (Å²) in [6.07, 6.45) is 4.03. The maximum absolute atomic E-state index is 11.0. The smallest absolute Gasteiger partial charge is 0.317 e. The molecule has 1 saturated heterocycles. The molecule has 0 spiro atoms. The molecule has 6 heteroatoms. The molecule has 25 heavy (non-hydrogen) atoms. The highest BCUT2D eigenvalue weighted by molar-refractivity contribution is 5.69. The van der Waals surface area contributed by atoms with E-state index in [0.29, 0.717) is 6.04 Å². The fraction of sp³-hybridized carbons (Fsp3) is 0.474. The number of piperidine rings is 1. The minimum atomic E-state index is -0.740. The van der Waals surface area contributed by atoms with Crippen molar-refractivity contribution in [1.29, 1.82) is 0 Å². The second kappa shape index (κ2) is 8.27. The molecule has 1 fully saturated rings. The highest BCUT2D eigenvalue weighted by Crippen LogP contribution is 2.18. The zero-order chi connectivity index (χ0) is 17.6. The maximum Gasteiger partial charge on any atom is 0.317 e. The molecule has 0 saturated carbocycles. The molecule has 1 aromatic heterocycles. The van der Waals surface area contributed by atoms with Gasteiger partial charge in [-0.2, -0.15) is 5.10 Å². The van der Waals surface area contributed by atoms with Crippen LogP contribution in [-0.4, -0.2) is 62.9 Å². The molecule has 0 amide bonds. The minimum Gasteiger partial charge on any atom is -0.480 e. The van der Waals surface area contributed by atoms with Crippen LogP contribution in [0.2, 0.25) is 0 Å². The molecule has 1 N–H and O–H groups in total. The number of aromatic nitrogens is 2. The van der Waals surface area contributed by atoms with E-state index in [1.54, 1.807) is 0 Å². The normalized spacial score (nSPS) is 16.4. The summed E-state index contributed by atoms with van der Waals surface area (Å²) in [4.78, 5) is 15.5. The summed E-state index contributed by atoms with van der Waals surface area (Å²) in [7, 11) is 0. The number of carboxylic acids is 1. The second-order valence-corrected chi connectivity index (χ2v) is 6.55. The summed E-state index contributed by atoms with van der Waals surface area (Å²) in [5.41, 5.74) is 2.14. The number of carbonyl (C=O) groups is 1. The number of para-hydroxylation sites is 1. The van der Waals surface area contributed by atoms with Crippen LogP contribution in [-0.2, 0) is 11.3 Å². The van der Waals surface area contributed by atoms with Gasteiger partial charge in [-0.05, 0) is 37.6 Å². The van der Waals surface area contributed by atoms with Crippen molar-refractivity contribution in [1.82, 2.24) is 19.6 Å². The first-order chi connectivity index (χ1) is 12.2. The molecular weight excluding hydrogens is 316 g/mol. The molecule has 1 aliphatic rings. The molecule has 0 unspecified atom stereocenters. The van der Waals surface area contributed by atoms with Gasteiger partial charge in [0.25, 0.3) is 0 Å². The van der Waals surface area contributed by atoms with Crippen molar-refractivity contribution >= 4 is 5.97 Å². The van der Waals surface area contributed by atoms with Crippen LogP contribution in [0.4, 0.5) is 0 Å². The first-order valence-electron chi connectivity index (χ1n) is 8.94. The van der Waals surface area contributed by atoms with E-state index in [4.69, 9.17) is 5.11 Å². The van der Waals surface area contributed by atoms with Gasteiger partial charge in [0.15, 0.2) is 0 Å². The van der Waals surface area contributed by atoms with E-state index >= 15 is 0 Å². The monoisotopic (exact) mass is 342 g/mol. The van der Waals surface area contributed by atoms with E-state index in [2.05, 4.69) is 21.0 Å². The number of hydrogen-bond acceptors (Lipinski definition) is 4. The predicted molar refractivity (Wildman–Crippen MR) is 96.7 cm³/mol. The van der Waals surface area contributed by atoms with E-state index in [-0.39, 0.29) is 6.54 Å². The zero-order valence-electron chi connectivity index (χ0n) is 14.7. The first kappa shape index (κ1) is 17.6. The molecule has 134 valence electrons. The van der Waals surface area contributed by atoms with Crippen LogP contribution in [0.15, 0.2) is 42.6 Å². The highest BCUT2D eigenvalue weighted by atomic mass is 16.4. The molecule has 0 aliphatic carbocycles. The molecule has 1 aromatic carbocycles. The van der Waals surface area contributed by atoms with Crippen LogP contribution in [0.25, 0.3) is 5.69 Å². The van der Waals surface area contributed by atoms with E-state index in [1.165, 1.54) is 0 Å². The van der Waals surface area contributed by atoms with Crippen molar-refractivity contribution in [2.45, 2.75) is 32.4 Å². The Kier molecular flexibility index (Phi) is 5.83. The van der Waals surface area contributed by atoms with Gasteiger partial charge in [-0.1, -0.05) is 25.1 Å². The predicted octanol–water partition coefficient (Wildman–Crippen LogP) is 2.24. The van der Waals surface area contributed by atoms with Gasteiger partial charge in [0.2, 0.25) is 0 Å². The lowest BCUT2D eigenvalue weighted by Gasteiger charge is -2.37. The van der Waals surface area contributed by atoms with Crippen molar-refractivity contribution in [3.05, 3.63) is 48.3 Å². The Balaban J connectivity index is 1.52. The lowest BCUT2D eigenvalue weighted by Crippen LogP contribution is -2.46. The molecule has 0 atom stereocenters. The summed E-state index contributed by atoms with van der Waals surface area (Å²) < 4.78 is 1.91. The topological polar surface area (TPSA) is 61.6 Å². The highest BCUT2D eigenvalue weighted by Gasteiger charge is 2.25. The van der Waals surface area contributed by atoms with Crippen LogP contribution in [0.3, 0.4) is 0 Å². The van der Waals surface area contributed by atoms with E-state index in [0.717, 1.165) is 50.4 Å². The summed E-state index contributed by atoms with van der Waals surface area (Å²) >= 11 is 0. The molecule has 2 aromatic rings. The third-order valence-electron chi connectivity index (χ3n) is 4.87. The van der Waals surface area contributed by atoms with Crippen molar-refractivity contribution in [3.63, 3.8) is 0 Å². The third-order valence-corrected chi connectivity index (χ3v) is 4.87. The molecule has 0 bridgehead atoms. The number of benzene rings is 1. The van der Waals surface area contributed by atoms with Crippen molar-refractivity contribution < 1.29 is 9.90 Å². The van der Waals surface area contributed by atoms with Crippen LogP contribution in [0.1, 0.15) is 25.5 Å². The Hall–Kier alpha value is -2.18. The third kappa shape index (κ3) is 4.67. The zero-order valence-corrected chi connectivity index (χ0v) is 14.7. The second-order valence-electron chi connectivity index (χ2n) is 6.55. The van der Waals surface area contributed by atoms with E-state index in [1.807, 2.05) is 48.1 Å². The van der Waals surface area contributed by atoms with Gasteiger partial charge >= 0.3 is 5.97 Å². The maximum atomic E-state index is 11.0. The summed E-state index contributed by atoms with van der Waals surface area (Å²) in [6, 6.07) is 12.6. The fourth-order valence-electron chi connectivity index (χ4n) is 3.52. The first-order valence-corrected chi connectivity index (χ1v) is 8.94. The van der Waals surface area contributed by atoms with E-state index in [9.17, 15) is 4.79 Å². The minimum absolute atomic E-state index is 0.142. The molecule has 0 radical (unpaired) electrons. The number of rotatable bonds is 7. The molecule has 3 rings (SSSR count). The molecule has 1 aliphatic heterocycles. The Morgan fingerprint density at radius 2 is 1.96 bits per heavy atom. The van der Waals surface area contributed by atoms with Crippen LogP contribution >= 0.6 is 0 Å².